The monoisotopic (exact) mass is 291 g/mol. The van der Waals surface area contributed by atoms with Crippen molar-refractivity contribution >= 4 is 27.9 Å². The Morgan fingerprint density at radius 2 is 2.05 bits per heavy atom. The first-order valence-electron chi connectivity index (χ1n) is 6.16. The van der Waals surface area contributed by atoms with E-state index in [2.05, 4.69) is 10.1 Å². The lowest BCUT2D eigenvalue weighted by atomic mass is 10.3. The Kier molecular flexibility index (Phi) is 3.60. The predicted octanol–water partition coefficient (Wildman–Crippen LogP) is 1.72. The zero-order valence-corrected chi connectivity index (χ0v) is 11.7. The van der Waals surface area contributed by atoms with Gasteiger partial charge in [0, 0.05) is 6.42 Å². The molecule has 0 spiro atoms. The number of hydrazone groups is 1. The van der Waals surface area contributed by atoms with E-state index in [1.54, 1.807) is 12.1 Å². The molecule has 1 aromatic rings. The van der Waals surface area contributed by atoms with Crippen molar-refractivity contribution in [3.8, 4) is 11.5 Å². The molecule has 0 aliphatic carbocycles. The molecule has 0 fully saturated rings. The maximum absolute atomic E-state index is 11.2. The molecule has 0 saturated carbocycles. The van der Waals surface area contributed by atoms with Gasteiger partial charge in [-0.25, -0.2) is 5.01 Å². The fraction of sp³-hybridized carbons (Fsp3) is 0.308. The van der Waals surface area contributed by atoms with Crippen LogP contribution in [0.4, 0.5) is 0 Å². The molecule has 2 aliphatic heterocycles. The van der Waals surface area contributed by atoms with E-state index in [-0.39, 0.29) is 5.91 Å². The highest BCUT2D eigenvalue weighted by atomic mass is 32.2. The van der Waals surface area contributed by atoms with Gasteiger partial charge in [-0.15, -0.1) is 0 Å². The number of amidine groups is 1. The summed E-state index contributed by atoms with van der Waals surface area (Å²) >= 11 is 1.38. The van der Waals surface area contributed by atoms with E-state index < -0.39 is 0 Å². The maximum atomic E-state index is 11.2. The molecule has 0 saturated heterocycles. The van der Waals surface area contributed by atoms with Gasteiger partial charge >= 0.3 is 0 Å². The van der Waals surface area contributed by atoms with Crippen LogP contribution in [0.25, 0.3) is 0 Å². The summed E-state index contributed by atoms with van der Waals surface area (Å²) in [5.74, 6) is 1.45. The lowest BCUT2D eigenvalue weighted by Crippen LogP contribution is -2.27. The number of carbonyl (C=O) groups excluding carboxylic acids is 1. The summed E-state index contributed by atoms with van der Waals surface area (Å²) in [5.41, 5.74) is 0. The summed E-state index contributed by atoms with van der Waals surface area (Å²) in [5, 5.41) is 7.57. The number of hydrogen-bond donors (Lipinski definition) is 0. The quantitative estimate of drug-likeness (QED) is 0.845. The topological polar surface area (TPSA) is 63.5 Å². The van der Waals surface area contributed by atoms with Crippen LogP contribution in [0.15, 0.2) is 34.4 Å². The summed E-state index contributed by atoms with van der Waals surface area (Å²) < 4.78 is 10.7. The second kappa shape index (κ2) is 5.54. The highest BCUT2D eigenvalue weighted by Gasteiger charge is 2.28. The van der Waals surface area contributed by atoms with Crippen molar-refractivity contribution in [3.05, 3.63) is 24.3 Å². The highest BCUT2D eigenvalue weighted by Crippen LogP contribution is 2.25. The Morgan fingerprint density at radius 1 is 1.30 bits per heavy atom. The molecule has 0 radical (unpaired) electrons. The normalized spacial score (nSPS) is 17.4. The van der Waals surface area contributed by atoms with Gasteiger partial charge in [-0.1, -0.05) is 0 Å². The number of benzene rings is 1. The van der Waals surface area contributed by atoms with Crippen molar-refractivity contribution < 1.29 is 14.3 Å². The third-order valence-electron chi connectivity index (χ3n) is 2.84. The van der Waals surface area contributed by atoms with Crippen molar-refractivity contribution in [2.75, 3.05) is 20.3 Å². The Labute approximate surface area is 120 Å². The lowest BCUT2D eigenvalue weighted by molar-refractivity contribution is -0.118. The Bertz CT molecular complexity index is 583. The van der Waals surface area contributed by atoms with Crippen LogP contribution in [-0.4, -0.2) is 41.4 Å². The van der Waals surface area contributed by atoms with E-state index in [1.807, 2.05) is 24.3 Å². The van der Waals surface area contributed by atoms with Crippen LogP contribution in [0, 0.1) is 0 Å². The molecular formula is C13H13N3O3S. The number of rotatable bonds is 4. The van der Waals surface area contributed by atoms with Crippen LogP contribution in [0.2, 0.25) is 0 Å². The molecule has 0 atom stereocenters. The third kappa shape index (κ3) is 2.77. The van der Waals surface area contributed by atoms with Crippen LogP contribution in [-0.2, 0) is 4.79 Å². The zero-order valence-electron chi connectivity index (χ0n) is 10.9. The Morgan fingerprint density at radius 3 is 2.80 bits per heavy atom. The first-order valence-corrected chi connectivity index (χ1v) is 6.97. The molecule has 2 aliphatic rings. The van der Waals surface area contributed by atoms with Gasteiger partial charge < -0.3 is 9.47 Å². The average Bonchev–Trinajstić information content (AvgIpc) is 2.87. The molecule has 0 unspecified atom stereocenters. The first-order chi connectivity index (χ1) is 9.74. The van der Waals surface area contributed by atoms with Crippen molar-refractivity contribution in [3.63, 3.8) is 0 Å². The molecule has 0 N–H and O–H groups in total. The largest absolute Gasteiger partial charge is 0.497 e. The summed E-state index contributed by atoms with van der Waals surface area (Å²) in [7, 11) is 1.62. The summed E-state index contributed by atoms with van der Waals surface area (Å²) in [6, 6.07) is 7.36. The molecule has 0 aromatic heterocycles. The van der Waals surface area contributed by atoms with Gasteiger partial charge in [0.15, 0.2) is 5.17 Å². The standard InChI is InChI=1S/C13H13N3O3S/c1-18-9-2-4-10(5-3-9)19-8-12-15-16-7-6-11(17)14-13(16)20-12/h2-5H,6-8H2,1H3. The minimum Gasteiger partial charge on any atom is -0.497 e. The second-order valence-corrected chi connectivity index (χ2v) is 5.26. The van der Waals surface area contributed by atoms with Gasteiger partial charge in [-0.2, -0.15) is 10.1 Å². The number of fused-ring (bicyclic) bond motifs is 1. The van der Waals surface area contributed by atoms with Crippen LogP contribution < -0.4 is 9.47 Å². The van der Waals surface area contributed by atoms with Crippen LogP contribution in [0.5, 0.6) is 11.5 Å². The number of nitrogens with zero attached hydrogens (tertiary/aromatic N) is 3. The fourth-order valence-corrected chi connectivity index (χ4v) is 2.67. The Balaban J connectivity index is 1.59. The van der Waals surface area contributed by atoms with Crippen molar-refractivity contribution in [1.29, 1.82) is 0 Å². The fourth-order valence-electron chi connectivity index (χ4n) is 1.82. The molecular weight excluding hydrogens is 278 g/mol. The molecule has 0 bridgehead atoms. The average molecular weight is 291 g/mol. The van der Waals surface area contributed by atoms with Gasteiger partial charge in [-0.3, -0.25) is 4.79 Å². The number of thioether (sulfide) groups is 1. The number of aliphatic imine (C=N–C) groups is 1. The summed E-state index contributed by atoms with van der Waals surface area (Å²) in [6.07, 6.45) is 0.417. The first kappa shape index (κ1) is 13.0. The van der Waals surface area contributed by atoms with Crippen LogP contribution in [0.3, 0.4) is 0 Å². The van der Waals surface area contributed by atoms with Gasteiger partial charge in [0.05, 0.1) is 13.7 Å². The highest BCUT2D eigenvalue weighted by molar-refractivity contribution is 8.26. The molecule has 3 rings (SSSR count). The number of ether oxygens (including phenoxy) is 2. The molecule has 104 valence electrons. The zero-order chi connectivity index (χ0) is 13.9. The molecule has 1 aromatic carbocycles. The summed E-state index contributed by atoms with van der Waals surface area (Å²) in [6.45, 7) is 0.956. The number of amides is 1. The van der Waals surface area contributed by atoms with Crippen LogP contribution in [0.1, 0.15) is 6.42 Å². The third-order valence-corrected chi connectivity index (χ3v) is 3.76. The van der Waals surface area contributed by atoms with Crippen molar-refractivity contribution in [2.24, 2.45) is 10.1 Å². The molecule has 7 heteroatoms. The predicted molar refractivity (Wildman–Crippen MR) is 77.3 cm³/mol. The van der Waals surface area contributed by atoms with E-state index in [1.165, 1.54) is 11.8 Å². The van der Waals surface area contributed by atoms with Crippen LogP contribution >= 0.6 is 11.8 Å². The van der Waals surface area contributed by atoms with Crippen molar-refractivity contribution in [1.82, 2.24) is 5.01 Å². The minimum atomic E-state index is -0.0868. The van der Waals surface area contributed by atoms with E-state index in [4.69, 9.17) is 9.47 Å². The molecule has 6 nitrogen and oxygen atoms in total. The van der Waals surface area contributed by atoms with E-state index >= 15 is 0 Å². The molecule has 20 heavy (non-hydrogen) atoms. The molecule has 2 heterocycles. The van der Waals surface area contributed by atoms with Gasteiger partial charge in [0.25, 0.3) is 0 Å². The van der Waals surface area contributed by atoms with Gasteiger partial charge in [0.2, 0.25) is 5.91 Å². The summed E-state index contributed by atoms with van der Waals surface area (Å²) in [4.78, 5) is 15.2. The smallest absolute Gasteiger partial charge is 0.250 e. The molecule has 1 amide bonds. The lowest BCUT2D eigenvalue weighted by Gasteiger charge is -2.16. The number of carbonyl (C=O) groups is 1. The van der Waals surface area contributed by atoms with E-state index in [0.29, 0.717) is 24.7 Å². The second-order valence-electron chi connectivity index (χ2n) is 4.22. The Hall–Kier alpha value is -2.02. The van der Waals surface area contributed by atoms with E-state index in [0.717, 1.165) is 16.5 Å². The SMILES string of the molecule is COc1ccc(OCC2=NN3CCC(=O)N=C3S2)cc1. The van der Waals surface area contributed by atoms with Gasteiger partial charge in [-0.05, 0) is 36.0 Å². The number of hydrogen-bond acceptors (Lipinski definition) is 6. The van der Waals surface area contributed by atoms with Gasteiger partial charge in [0.1, 0.15) is 23.1 Å². The maximum Gasteiger partial charge on any atom is 0.250 e. The minimum absolute atomic E-state index is 0.0868. The van der Waals surface area contributed by atoms with E-state index in [9.17, 15) is 4.79 Å². The van der Waals surface area contributed by atoms with Crippen molar-refractivity contribution in [2.45, 2.75) is 6.42 Å². The number of methoxy groups -OCH3 is 1.